The number of hydrogen-bond acceptors (Lipinski definition) is 6. The standard InChI is InChI=1S/C15H22N4OS/c1-19(13-5-3-2-4-11(13)8-16)9-14-17-15(20-18-14)12-6-7-21-10-12/h6-7,10-11,13H,2-5,8-9,16H2,1H3. The summed E-state index contributed by atoms with van der Waals surface area (Å²) in [4.78, 5) is 6.83. The van der Waals surface area contributed by atoms with Gasteiger partial charge in [-0.15, -0.1) is 0 Å². The molecule has 0 amide bonds. The number of aromatic nitrogens is 2. The van der Waals surface area contributed by atoms with Gasteiger partial charge in [-0.1, -0.05) is 18.0 Å². The highest BCUT2D eigenvalue weighted by molar-refractivity contribution is 7.08. The van der Waals surface area contributed by atoms with Gasteiger partial charge >= 0.3 is 0 Å². The molecule has 0 radical (unpaired) electrons. The number of rotatable bonds is 5. The largest absolute Gasteiger partial charge is 0.334 e. The van der Waals surface area contributed by atoms with Crippen LogP contribution in [-0.2, 0) is 6.54 Å². The van der Waals surface area contributed by atoms with Crippen molar-refractivity contribution in [2.45, 2.75) is 38.3 Å². The second-order valence-electron chi connectivity index (χ2n) is 5.79. The highest BCUT2D eigenvalue weighted by atomic mass is 32.1. The van der Waals surface area contributed by atoms with E-state index in [1.165, 1.54) is 25.7 Å². The van der Waals surface area contributed by atoms with Crippen LogP contribution in [0.1, 0.15) is 31.5 Å². The molecule has 2 N–H and O–H groups in total. The first-order chi connectivity index (χ1) is 10.3. The lowest BCUT2D eigenvalue weighted by Crippen LogP contribution is -2.42. The van der Waals surface area contributed by atoms with Crippen molar-refractivity contribution in [3.05, 3.63) is 22.7 Å². The van der Waals surface area contributed by atoms with Crippen LogP contribution in [0.4, 0.5) is 0 Å². The van der Waals surface area contributed by atoms with Crippen molar-refractivity contribution in [3.8, 4) is 11.5 Å². The molecule has 1 fully saturated rings. The first-order valence-corrected chi connectivity index (χ1v) is 8.47. The Labute approximate surface area is 129 Å². The molecule has 3 rings (SSSR count). The Bertz CT molecular complexity index is 554. The molecule has 0 bridgehead atoms. The predicted octanol–water partition coefficient (Wildman–Crippen LogP) is 2.75. The molecule has 2 aromatic heterocycles. The Morgan fingerprint density at radius 2 is 2.29 bits per heavy atom. The van der Waals surface area contributed by atoms with Crippen molar-refractivity contribution in [3.63, 3.8) is 0 Å². The van der Waals surface area contributed by atoms with Crippen LogP contribution >= 0.6 is 11.3 Å². The maximum atomic E-state index is 5.92. The Morgan fingerprint density at radius 1 is 1.43 bits per heavy atom. The van der Waals surface area contributed by atoms with Crippen molar-refractivity contribution in [1.29, 1.82) is 0 Å². The molecule has 1 aliphatic carbocycles. The minimum atomic E-state index is 0.534. The molecule has 6 heteroatoms. The summed E-state index contributed by atoms with van der Waals surface area (Å²) in [6.45, 7) is 1.48. The predicted molar refractivity (Wildman–Crippen MR) is 83.9 cm³/mol. The van der Waals surface area contributed by atoms with Gasteiger partial charge in [-0.3, -0.25) is 4.90 Å². The van der Waals surface area contributed by atoms with E-state index in [9.17, 15) is 0 Å². The van der Waals surface area contributed by atoms with Crippen LogP contribution < -0.4 is 5.73 Å². The van der Waals surface area contributed by atoms with Crippen LogP contribution in [0.15, 0.2) is 21.3 Å². The lowest BCUT2D eigenvalue weighted by molar-refractivity contribution is 0.124. The van der Waals surface area contributed by atoms with Gasteiger partial charge in [0.1, 0.15) is 0 Å². The van der Waals surface area contributed by atoms with Crippen molar-refractivity contribution in [2.75, 3.05) is 13.6 Å². The van der Waals surface area contributed by atoms with E-state index in [0.717, 1.165) is 24.5 Å². The van der Waals surface area contributed by atoms with Gasteiger partial charge in [0, 0.05) is 11.4 Å². The van der Waals surface area contributed by atoms with Gasteiger partial charge in [-0.25, -0.2) is 0 Å². The molecule has 1 aliphatic rings. The van der Waals surface area contributed by atoms with Gasteiger partial charge in [0.15, 0.2) is 5.82 Å². The fourth-order valence-electron chi connectivity index (χ4n) is 3.21. The summed E-state index contributed by atoms with van der Waals surface area (Å²) in [6.07, 6.45) is 5.04. The van der Waals surface area contributed by atoms with Crippen molar-refractivity contribution in [2.24, 2.45) is 11.7 Å². The Kier molecular flexibility index (Phi) is 4.67. The summed E-state index contributed by atoms with van der Waals surface area (Å²) in [7, 11) is 2.14. The van der Waals surface area contributed by atoms with Crippen LogP contribution in [0.3, 0.4) is 0 Å². The van der Waals surface area contributed by atoms with E-state index >= 15 is 0 Å². The summed E-state index contributed by atoms with van der Waals surface area (Å²) in [5, 5.41) is 8.14. The summed E-state index contributed by atoms with van der Waals surface area (Å²) < 4.78 is 5.34. The lowest BCUT2D eigenvalue weighted by atomic mass is 9.84. The summed E-state index contributed by atoms with van der Waals surface area (Å²) in [5.74, 6) is 1.95. The topological polar surface area (TPSA) is 68.2 Å². The van der Waals surface area contributed by atoms with E-state index in [0.29, 0.717) is 17.9 Å². The van der Waals surface area contributed by atoms with Crippen molar-refractivity contribution in [1.82, 2.24) is 15.0 Å². The fourth-order valence-corrected chi connectivity index (χ4v) is 3.83. The van der Waals surface area contributed by atoms with Gasteiger partial charge in [-0.05, 0) is 43.8 Å². The molecule has 114 valence electrons. The highest BCUT2D eigenvalue weighted by Crippen LogP contribution is 2.28. The zero-order valence-electron chi connectivity index (χ0n) is 12.4. The van der Waals surface area contributed by atoms with Crippen LogP contribution in [0, 0.1) is 5.92 Å². The molecule has 2 aromatic rings. The van der Waals surface area contributed by atoms with Crippen LogP contribution in [-0.4, -0.2) is 34.7 Å². The Hall–Kier alpha value is -1.24. The monoisotopic (exact) mass is 306 g/mol. The summed E-state index contributed by atoms with van der Waals surface area (Å²) in [6, 6.07) is 2.53. The zero-order chi connectivity index (χ0) is 14.7. The molecule has 2 atom stereocenters. The summed E-state index contributed by atoms with van der Waals surface area (Å²) >= 11 is 1.63. The molecule has 0 aliphatic heterocycles. The molecule has 0 spiro atoms. The molecule has 0 saturated heterocycles. The van der Waals surface area contributed by atoms with Crippen LogP contribution in [0.5, 0.6) is 0 Å². The minimum absolute atomic E-state index is 0.534. The molecular weight excluding hydrogens is 284 g/mol. The van der Waals surface area contributed by atoms with Crippen LogP contribution in [0.2, 0.25) is 0 Å². The smallest absolute Gasteiger partial charge is 0.258 e. The molecule has 1 saturated carbocycles. The average Bonchev–Trinajstić information content (AvgIpc) is 3.17. The first kappa shape index (κ1) is 14.7. The zero-order valence-corrected chi connectivity index (χ0v) is 13.2. The van der Waals surface area contributed by atoms with E-state index in [4.69, 9.17) is 10.3 Å². The Morgan fingerprint density at radius 3 is 3.05 bits per heavy atom. The average molecular weight is 306 g/mol. The second kappa shape index (κ2) is 6.68. The number of nitrogens with two attached hydrogens (primary N) is 1. The maximum absolute atomic E-state index is 5.92. The minimum Gasteiger partial charge on any atom is -0.334 e. The number of thiophene rings is 1. The molecule has 2 heterocycles. The first-order valence-electron chi connectivity index (χ1n) is 7.53. The SMILES string of the molecule is CN(Cc1noc(-c2ccsc2)n1)C1CCCCC1CN. The van der Waals surface area contributed by atoms with Gasteiger partial charge in [0.2, 0.25) is 0 Å². The highest BCUT2D eigenvalue weighted by Gasteiger charge is 2.28. The molecule has 5 nitrogen and oxygen atoms in total. The van der Waals surface area contributed by atoms with E-state index in [1.54, 1.807) is 11.3 Å². The van der Waals surface area contributed by atoms with Crippen LogP contribution in [0.25, 0.3) is 11.5 Å². The van der Waals surface area contributed by atoms with E-state index < -0.39 is 0 Å². The molecule has 0 aromatic carbocycles. The maximum Gasteiger partial charge on any atom is 0.258 e. The van der Waals surface area contributed by atoms with Gasteiger partial charge in [0.25, 0.3) is 5.89 Å². The quantitative estimate of drug-likeness (QED) is 0.920. The van der Waals surface area contributed by atoms with Gasteiger partial charge in [-0.2, -0.15) is 16.3 Å². The normalized spacial score (nSPS) is 22.8. The lowest BCUT2D eigenvalue weighted by Gasteiger charge is -2.36. The number of nitrogens with zero attached hydrogens (tertiary/aromatic N) is 3. The van der Waals surface area contributed by atoms with E-state index in [2.05, 4.69) is 22.1 Å². The number of hydrogen-bond donors (Lipinski definition) is 1. The summed E-state index contributed by atoms with van der Waals surface area (Å²) in [5.41, 5.74) is 6.92. The molecule has 2 unspecified atom stereocenters. The van der Waals surface area contributed by atoms with Crippen molar-refractivity contribution < 1.29 is 4.52 Å². The molecule has 21 heavy (non-hydrogen) atoms. The van der Waals surface area contributed by atoms with Gasteiger partial charge < -0.3 is 10.3 Å². The van der Waals surface area contributed by atoms with Crippen molar-refractivity contribution >= 4 is 11.3 Å². The third-order valence-electron chi connectivity index (χ3n) is 4.36. The third kappa shape index (κ3) is 3.33. The van der Waals surface area contributed by atoms with E-state index in [1.807, 2.05) is 16.8 Å². The van der Waals surface area contributed by atoms with E-state index in [-0.39, 0.29) is 0 Å². The molecular formula is C15H22N4OS. The van der Waals surface area contributed by atoms with Gasteiger partial charge in [0.05, 0.1) is 12.1 Å². The Balaban J connectivity index is 1.65. The second-order valence-corrected chi connectivity index (χ2v) is 6.57. The third-order valence-corrected chi connectivity index (χ3v) is 5.05. The fraction of sp³-hybridized carbons (Fsp3) is 0.600.